The van der Waals surface area contributed by atoms with Crippen LogP contribution in [-0.4, -0.2) is 16.0 Å². The van der Waals surface area contributed by atoms with E-state index in [1.54, 1.807) is 42.7 Å². The van der Waals surface area contributed by atoms with Crippen molar-refractivity contribution in [2.75, 3.05) is 5.32 Å². The molecule has 0 radical (unpaired) electrons. The van der Waals surface area contributed by atoms with Crippen molar-refractivity contribution in [3.05, 3.63) is 96.3 Å². The summed E-state index contributed by atoms with van der Waals surface area (Å²) in [5.41, 5.74) is 1.76. The first-order valence-electron chi connectivity index (χ1n) is 8.84. The number of amides is 1. The lowest BCUT2D eigenvalue weighted by Crippen LogP contribution is -2.12. The molecule has 2 N–H and O–H groups in total. The van der Waals surface area contributed by atoms with Crippen LogP contribution in [0.2, 0.25) is 0 Å². The molecule has 0 fully saturated rings. The molecule has 0 unspecified atom stereocenters. The van der Waals surface area contributed by atoms with Crippen LogP contribution in [0, 0.1) is 0 Å². The number of hydrogen-bond acceptors (Lipinski definition) is 4. The molecule has 28 heavy (non-hydrogen) atoms. The standard InChI is InChI=1S/C23H18N2O3/c26-22-12-18-7-2-1-6-17(18)11-21(22)23(27)25-19-8-3-9-20(13-19)28-15-16-5-4-10-24-14-16/h1-14,26H,15H2,(H,25,27). The number of pyridine rings is 1. The van der Waals surface area contributed by atoms with Crippen LogP contribution in [0.15, 0.2) is 85.2 Å². The Morgan fingerprint density at radius 1 is 0.964 bits per heavy atom. The number of phenols is 1. The van der Waals surface area contributed by atoms with Gasteiger partial charge in [0.25, 0.3) is 5.91 Å². The highest BCUT2D eigenvalue weighted by molar-refractivity contribution is 6.08. The maximum absolute atomic E-state index is 12.6. The number of hydrogen-bond donors (Lipinski definition) is 2. The lowest BCUT2D eigenvalue weighted by atomic mass is 10.1. The van der Waals surface area contributed by atoms with Crippen molar-refractivity contribution in [3.8, 4) is 11.5 Å². The molecule has 1 heterocycles. The highest BCUT2D eigenvalue weighted by atomic mass is 16.5. The van der Waals surface area contributed by atoms with E-state index in [9.17, 15) is 9.90 Å². The molecule has 0 atom stereocenters. The predicted molar refractivity (Wildman–Crippen MR) is 109 cm³/mol. The van der Waals surface area contributed by atoms with Crippen molar-refractivity contribution < 1.29 is 14.6 Å². The van der Waals surface area contributed by atoms with Crippen molar-refractivity contribution in [2.45, 2.75) is 6.61 Å². The molecule has 138 valence electrons. The lowest BCUT2D eigenvalue weighted by Gasteiger charge is -2.11. The SMILES string of the molecule is O=C(Nc1cccc(OCc2cccnc2)c1)c1cc2ccccc2cc1O. The second kappa shape index (κ2) is 7.80. The molecule has 5 nitrogen and oxygen atoms in total. The smallest absolute Gasteiger partial charge is 0.259 e. The molecule has 0 aliphatic rings. The number of nitrogens with one attached hydrogen (secondary N) is 1. The predicted octanol–water partition coefficient (Wildman–Crippen LogP) is 4.77. The Hall–Kier alpha value is -3.86. The van der Waals surface area contributed by atoms with Gasteiger partial charge in [-0.2, -0.15) is 0 Å². The van der Waals surface area contributed by atoms with E-state index in [0.29, 0.717) is 18.0 Å². The molecular weight excluding hydrogens is 352 g/mol. The minimum absolute atomic E-state index is 0.0554. The number of carbonyl (C=O) groups excluding carboxylic acids is 1. The molecule has 1 amide bonds. The minimum atomic E-state index is -0.382. The summed E-state index contributed by atoms with van der Waals surface area (Å²) in [6.07, 6.45) is 3.45. The highest BCUT2D eigenvalue weighted by Crippen LogP contribution is 2.26. The maximum atomic E-state index is 12.6. The number of phenolic OH excluding ortho intramolecular Hbond substituents is 1. The van der Waals surface area contributed by atoms with Gasteiger partial charge in [0.1, 0.15) is 18.1 Å². The number of rotatable bonds is 5. The third-order valence-corrected chi connectivity index (χ3v) is 4.33. The second-order valence-corrected chi connectivity index (χ2v) is 6.35. The van der Waals surface area contributed by atoms with E-state index in [1.165, 1.54) is 0 Å². The summed E-state index contributed by atoms with van der Waals surface area (Å²) in [7, 11) is 0. The molecule has 0 bridgehead atoms. The van der Waals surface area contributed by atoms with Gasteiger partial charge in [0.15, 0.2) is 0 Å². The van der Waals surface area contributed by atoms with Crippen LogP contribution in [0.4, 0.5) is 5.69 Å². The van der Waals surface area contributed by atoms with Crippen LogP contribution in [0.25, 0.3) is 10.8 Å². The Bertz CT molecular complexity index is 1130. The van der Waals surface area contributed by atoms with Crippen LogP contribution in [0.5, 0.6) is 11.5 Å². The Balaban J connectivity index is 1.49. The second-order valence-electron chi connectivity index (χ2n) is 6.35. The average Bonchev–Trinajstić information content (AvgIpc) is 2.73. The summed E-state index contributed by atoms with van der Waals surface area (Å²) < 4.78 is 5.76. The van der Waals surface area contributed by atoms with Gasteiger partial charge >= 0.3 is 0 Å². The molecule has 5 heteroatoms. The van der Waals surface area contributed by atoms with Crippen molar-refractivity contribution >= 4 is 22.4 Å². The van der Waals surface area contributed by atoms with Gasteiger partial charge < -0.3 is 15.2 Å². The molecule has 1 aromatic heterocycles. The summed E-state index contributed by atoms with van der Waals surface area (Å²) in [6, 6.07) is 21.8. The zero-order valence-electron chi connectivity index (χ0n) is 15.0. The third kappa shape index (κ3) is 3.94. The Morgan fingerprint density at radius 3 is 2.57 bits per heavy atom. The molecule has 0 saturated heterocycles. The normalized spacial score (nSPS) is 10.6. The van der Waals surface area contributed by atoms with Gasteiger partial charge in [-0.05, 0) is 41.1 Å². The number of carbonyl (C=O) groups is 1. The van der Waals surface area contributed by atoms with Crippen LogP contribution >= 0.6 is 0 Å². The molecule has 0 saturated carbocycles. The number of nitrogens with zero attached hydrogens (tertiary/aromatic N) is 1. The van der Waals surface area contributed by atoms with E-state index in [-0.39, 0.29) is 17.2 Å². The summed E-state index contributed by atoms with van der Waals surface area (Å²) >= 11 is 0. The van der Waals surface area contributed by atoms with E-state index in [4.69, 9.17) is 4.74 Å². The van der Waals surface area contributed by atoms with Gasteiger partial charge in [-0.3, -0.25) is 9.78 Å². The van der Waals surface area contributed by atoms with Gasteiger partial charge in [0.2, 0.25) is 0 Å². The number of aromatic hydroxyl groups is 1. The molecular formula is C23H18N2O3. The molecule has 4 aromatic rings. The third-order valence-electron chi connectivity index (χ3n) is 4.33. The van der Waals surface area contributed by atoms with Crippen LogP contribution < -0.4 is 10.1 Å². The topological polar surface area (TPSA) is 71.5 Å². The van der Waals surface area contributed by atoms with Crippen LogP contribution in [-0.2, 0) is 6.61 Å². The van der Waals surface area contributed by atoms with E-state index in [2.05, 4.69) is 10.3 Å². The molecule has 0 spiro atoms. The maximum Gasteiger partial charge on any atom is 0.259 e. The molecule has 0 aliphatic carbocycles. The van der Waals surface area contributed by atoms with Gasteiger partial charge in [-0.25, -0.2) is 0 Å². The van der Waals surface area contributed by atoms with E-state index in [0.717, 1.165) is 16.3 Å². The number of aromatic nitrogens is 1. The largest absolute Gasteiger partial charge is 0.507 e. The lowest BCUT2D eigenvalue weighted by molar-refractivity contribution is 0.102. The van der Waals surface area contributed by atoms with E-state index >= 15 is 0 Å². The fourth-order valence-electron chi connectivity index (χ4n) is 2.92. The van der Waals surface area contributed by atoms with Crippen LogP contribution in [0.3, 0.4) is 0 Å². The monoisotopic (exact) mass is 370 g/mol. The summed E-state index contributed by atoms with van der Waals surface area (Å²) in [5, 5.41) is 14.8. The molecule has 4 rings (SSSR count). The summed E-state index contributed by atoms with van der Waals surface area (Å²) in [5.74, 6) is 0.192. The summed E-state index contributed by atoms with van der Waals surface area (Å²) in [4.78, 5) is 16.7. The quantitative estimate of drug-likeness (QED) is 0.531. The number of anilines is 1. The van der Waals surface area contributed by atoms with Crippen LogP contribution in [0.1, 0.15) is 15.9 Å². The van der Waals surface area contributed by atoms with Gasteiger partial charge in [-0.1, -0.05) is 36.4 Å². The van der Waals surface area contributed by atoms with Gasteiger partial charge in [0, 0.05) is 29.7 Å². The van der Waals surface area contributed by atoms with E-state index in [1.807, 2.05) is 42.5 Å². The van der Waals surface area contributed by atoms with Crippen molar-refractivity contribution in [1.82, 2.24) is 4.98 Å². The van der Waals surface area contributed by atoms with Crippen molar-refractivity contribution in [1.29, 1.82) is 0 Å². The number of benzene rings is 3. The Labute approximate surface area is 162 Å². The summed E-state index contributed by atoms with van der Waals surface area (Å²) in [6.45, 7) is 0.386. The Kier molecular flexibility index (Phi) is 4.89. The van der Waals surface area contributed by atoms with E-state index < -0.39 is 0 Å². The van der Waals surface area contributed by atoms with Gasteiger partial charge in [-0.15, -0.1) is 0 Å². The number of fused-ring (bicyclic) bond motifs is 1. The van der Waals surface area contributed by atoms with Crippen molar-refractivity contribution in [3.63, 3.8) is 0 Å². The Morgan fingerprint density at radius 2 is 1.79 bits per heavy atom. The zero-order valence-corrected chi connectivity index (χ0v) is 15.0. The first-order chi connectivity index (χ1) is 13.7. The highest BCUT2D eigenvalue weighted by Gasteiger charge is 2.13. The van der Waals surface area contributed by atoms with Gasteiger partial charge in [0.05, 0.1) is 5.56 Å². The number of ether oxygens (including phenoxy) is 1. The minimum Gasteiger partial charge on any atom is -0.507 e. The first kappa shape index (κ1) is 17.5. The fraction of sp³-hybridized carbons (Fsp3) is 0.0435. The van der Waals surface area contributed by atoms with Crippen molar-refractivity contribution in [2.24, 2.45) is 0 Å². The molecule has 3 aromatic carbocycles. The first-order valence-corrected chi connectivity index (χ1v) is 8.84. The zero-order chi connectivity index (χ0) is 19.3. The molecule has 0 aliphatic heterocycles. The average molecular weight is 370 g/mol. The fourth-order valence-corrected chi connectivity index (χ4v) is 2.92.